The molecule has 0 amide bonds. The molecule has 0 bridgehead atoms. The van der Waals surface area contributed by atoms with Crippen LogP contribution in [-0.4, -0.2) is 9.97 Å². The van der Waals surface area contributed by atoms with Crippen LogP contribution in [-0.2, 0) is 0 Å². The van der Waals surface area contributed by atoms with Gasteiger partial charge in [-0.3, -0.25) is 0 Å². The molecule has 11 rings (SSSR count). The molecule has 0 aliphatic rings. The van der Waals surface area contributed by atoms with E-state index in [2.05, 4.69) is 133 Å². The number of benzene rings is 7. The fourth-order valence-corrected chi connectivity index (χ4v) is 9.59. The number of thiophene rings is 2. The molecular weight excluding hydrogens is 637 g/mol. The fraction of sp³-hybridized carbons (Fsp3) is 0. The molecule has 3 nitrogen and oxygen atoms in total. The zero-order chi connectivity index (χ0) is 32.1. The molecule has 49 heavy (non-hydrogen) atoms. The molecule has 0 saturated carbocycles. The third-order valence-electron chi connectivity index (χ3n) is 9.67. The average molecular weight is 661 g/mol. The molecule has 0 aliphatic carbocycles. The average Bonchev–Trinajstić information content (AvgIpc) is 3.85. The highest BCUT2D eigenvalue weighted by atomic mass is 32.1. The van der Waals surface area contributed by atoms with Crippen molar-refractivity contribution >= 4 is 95.9 Å². The maximum Gasteiger partial charge on any atom is 0.161 e. The quantitative estimate of drug-likeness (QED) is 0.189. The van der Waals surface area contributed by atoms with Gasteiger partial charge in [-0.2, -0.15) is 0 Å². The second-order valence-electron chi connectivity index (χ2n) is 12.5. The van der Waals surface area contributed by atoms with Crippen LogP contribution in [0.5, 0.6) is 0 Å². The summed E-state index contributed by atoms with van der Waals surface area (Å²) in [5.41, 5.74) is 7.86. The Labute approximate surface area is 288 Å². The highest BCUT2D eigenvalue weighted by molar-refractivity contribution is 7.26. The third-order valence-corrected chi connectivity index (χ3v) is 12.0. The number of fused-ring (bicyclic) bond motifs is 10. The first-order valence-corrected chi connectivity index (χ1v) is 17.9. The van der Waals surface area contributed by atoms with Crippen LogP contribution in [0.1, 0.15) is 0 Å². The maximum absolute atomic E-state index is 6.55. The summed E-state index contributed by atoms with van der Waals surface area (Å²) in [4.78, 5) is 10.9. The zero-order valence-corrected chi connectivity index (χ0v) is 27.6. The summed E-state index contributed by atoms with van der Waals surface area (Å²) in [5, 5.41) is 8.19. The van der Waals surface area contributed by atoms with Crippen molar-refractivity contribution in [3.05, 3.63) is 146 Å². The molecule has 0 saturated heterocycles. The summed E-state index contributed by atoms with van der Waals surface area (Å²) in [5.74, 6) is 0.695. The highest BCUT2D eigenvalue weighted by Gasteiger charge is 2.21. The first-order chi connectivity index (χ1) is 24.2. The molecule has 0 atom stereocenters. The van der Waals surface area contributed by atoms with E-state index < -0.39 is 0 Å². The lowest BCUT2D eigenvalue weighted by atomic mass is 9.96. The van der Waals surface area contributed by atoms with E-state index in [4.69, 9.17) is 14.4 Å². The van der Waals surface area contributed by atoms with Crippen molar-refractivity contribution in [2.75, 3.05) is 0 Å². The molecule has 5 heteroatoms. The smallest absolute Gasteiger partial charge is 0.161 e. The molecule has 7 aromatic carbocycles. The van der Waals surface area contributed by atoms with Gasteiger partial charge >= 0.3 is 0 Å². The fourth-order valence-electron chi connectivity index (χ4n) is 7.35. The molecule has 0 aliphatic heterocycles. The summed E-state index contributed by atoms with van der Waals surface area (Å²) in [6.45, 7) is 0. The molecular formula is C44H24N2OS2. The van der Waals surface area contributed by atoms with Gasteiger partial charge in [0.05, 0.1) is 15.9 Å². The van der Waals surface area contributed by atoms with Gasteiger partial charge in [-0.05, 0) is 70.4 Å². The molecule has 4 heterocycles. The van der Waals surface area contributed by atoms with Crippen molar-refractivity contribution in [1.29, 1.82) is 0 Å². The molecule has 11 aromatic rings. The van der Waals surface area contributed by atoms with Crippen LogP contribution in [0.15, 0.2) is 150 Å². The van der Waals surface area contributed by atoms with E-state index in [1.54, 1.807) is 11.3 Å². The van der Waals surface area contributed by atoms with E-state index in [1.165, 1.54) is 35.6 Å². The molecule has 0 spiro atoms. The maximum atomic E-state index is 6.55. The number of rotatable bonds is 3. The Bertz CT molecular complexity index is 3130. The molecule has 228 valence electrons. The van der Waals surface area contributed by atoms with Gasteiger partial charge < -0.3 is 4.42 Å². The summed E-state index contributed by atoms with van der Waals surface area (Å²) in [6, 6.07) is 51.8. The van der Waals surface area contributed by atoms with Crippen molar-refractivity contribution < 1.29 is 4.42 Å². The van der Waals surface area contributed by atoms with Crippen LogP contribution in [0, 0.1) is 0 Å². The summed E-state index contributed by atoms with van der Waals surface area (Å²) in [6.07, 6.45) is 0. The van der Waals surface area contributed by atoms with E-state index in [-0.39, 0.29) is 0 Å². The van der Waals surface area contributed by atoms with Crippen LogP contribution >= 0.6 is 22.7 Å². The Kier molecular flexibility index (Phi) is 5.70. The minimum absolute atomic E-state index is 0.695. The molecule has 0 radical (unpaired) electrons. The first-order valence-electron chi connectivity index (χ1n) is 16.3. The summed E-state index contributed by atoms with van der Waals surface area (Å²) >= 11 is 3.60. The van der Waals surface area contributed by atoms with Crippen LogP contribution < -0.4 is 0 Å². The van der Waals surface area contributed by atoms with Gasteiger partial charge in [0.15, 0.2) is 5.82 Å². The Morgan fingerprint density at radius 1 is 0.449 bits per heavy atom. The van der Waals surface area contributed by atoms with E-state index in [0.29, 0.717) is 5.82 Å². The Morgan fingerprint density at radius 2 is 1.16 bits per heavy atom. The van der Waals surface area contributed by atoms with Gasteiger partial charge in [-0.15, -0.1) is 22.7 Å². The van der Waals surface area contributed by atoms with Gasteiger partial charge in [0.25, 0.3) is 0 Å². The predicted molar refractivity (Wildman–Crippen MR) is 209 cm³/mol. The summed E-state index contributed by atoms with van der Waals surface area (Å²) in [7, 11) is 0. The highest BCUT2D eigenvalue weighted by Crippen LogP contribution is 2.44. The van der Waals surface area contributed by atoms with Crippen molar-refractivity contribution in [1.82, 2.24) is 9.97 Å². The van der Waals surface area contributed by atoms with E-state index in [0.717, 1.165) is 65.5 Å². The topological polar surface area (TPSA) is 38.9 Å². The minimum Gasteiger partial charge on any atom is -0.456 e. The largest absolute Gasteiger partial charge is 0.456 e. The van der Waals surface area contributed by atoms with Gasteiger partial charge in [0.1, 0.15) is 11.2 Å². The lowest BCUT2D eigenvalue weighted by Gasteiger charge is -2.11. The Balaban J connectivity index is 1.23. The number of nitrogens with zero attached hydrogens (tertiary/aromatic N) is 2. The van der Waals surface area contributed by atoms with Crippen molar-refractivity contribution in [3.63, 3.8) is 0 Å². The minimum atomic E-state index is 0.695. The number of aromatic nitrogens is 2. The molecule has 0 fully saturated rings. The lowest BCUT2D eigenvalue weighted by molar-refractivity contribution is 0.669. The van der Waals surface area contributed by atoms with Crippen LogP contribution in [0.4, 0.5) is 0 Å². The number of hydrogen-bond donors (Lipinski definition) is 0. The SMILES string of the molecule is c1ccc2cc(-c3cc(-c4nc(-c5ccc6sc7ccccc7c6c5)c5sc6ccccc6c5n4)c4c(c3)oc3ccccc34)ccc2c1. The van der Waals surface area contributed by atoms with E-state index >= 15 is 0 Å². The van der Waals surface area contributed by atoms with Crippen LogP contribution in [0.2, 0.25) is 0 Å². The molecule has 4 aromatic heterocycles. The van der Waals surface area contributed by atoms with Crippen molar-refractivity contribution in [2.45, 2.75) is 0 Å². The number of para-hydroxylation sites is 1. The number of furan rings is 1. The second kappa shape index (κ2) is 10.3. The Hall–Kier alpha value is -5.88. The monoisotopic (exact) mass is 660 g/mol. The number of hydrogen-bond acceptors (Lipinski definition) is 5. The van der Waals surface area contributed by atoms with Crippen molar-refractivity contribution in [3.8, 4) is 33.8 Å². The molecule has 0 N–H and O–H groups in total. The Morgan fingerprint density at radius 3 is 2.06 bits per heavy atom. The van der Waals surface area contributed by atoms with Gasteiger partial charge in [-0.1, -0.05) is 97.1 Å². The third kappa shape index (κ3) is 4.13. The van der Waals surface area contributed by atoms with E-state index in [1.807, 2.05) is 23.5 Å². The zero-order valence-electron chi connectivity index (χ0n) is 26.0. The first kappa shape index (κ1) is 27.1. The summed E-state index contributed by atoms with van der Waals surface area (Å²) < 4.78 is 11.4. The van der Waals surface area contributed by atoms with E-state index in [9.17, 15) is 0 Å². The molecule has 0 unspecified atom stereocenters. The van der Waals surface area contributed by atoms with Gasteiger partial charge in [0.2, 0.25) is 0 Å². The van der Waals surface area contributed by atoms with Gasteiger partial charge in [0, 0.05) is 52.2 Å². The predicted octanol–water partition coefficient (Wildman–Crippen LogP) is 13.3. The standard InChI is InChI=1S/C44H24N2OS2/c1-2-10-26-21-27(18-17-25(26)9-1)29-23-34(40-31-12-3-6-14-35(31)47-36(40)24-29)44-45-41(43-42(46-44)32-13-5-8-16-38(32)49-43)28-19-20-39-33(22-28)30-11-4-7-15-37(30)48-39/h1-24H. The van der Waals surface area contributed by atoms with Gasteiger partial charge in [-0.25, -0.2) is 9.97 Å². The lowest BCUT2D eigenvalue weighted by Crippen LogP contribution is -1.95. The van der Waals surface area contributed by atoms with Crippen LogP contribution in [0.25, 0.3) is 107 Å². The van der Waals surface area contributed by atoms with Crippen LogP contribution in [0.3, 0.4) is 0 Å². The van der Waals surface area contributed by atoms with Crippen molar-refractivity contribution in [2.24, 2.45) is 0 Å². The second-order valence-corrected chi connectivity index (χ2v) is 14.7. The normalized spacial score (nSPS) is 12.1.